The Labute approximate surface area is 174 Å². The predicted octanol–water partition coefficient (Wildman–Crippen LogP) is 2.23. The first-order chi connectivity index (χ1) is 12.8. The lowest BCUT2D eigenvalue weighted by molar-refractivity contribution is 0.392. The zero-order chi connectivity index (χ0) is 17.8. The Morgan fingerprint density at radius 2 is 2.19 bits per heavy atom. The van der Waals surface area contributed by atoms with Gasteiger partial charge in [0.2, 0.25) is 5.89 Å². The van der Waals surface area contributed by atoms with Crippen molar-refractivity contribution >= 4 is 29.9 Å². The van der Waals surface area contributed by atoms with Gasteiger partial charge in [0, 0.05) is 25.1 Å². The Balaban J connectivity index is 0.00000210. The first-order valence-electron chi connectivity index (χ1n) is 8.65. The molecule has 0 fully saturated rings. The van der Waals surface area contributed by atoms with Crippen LogP contribution in [0.15, 0.2) is 52.3 Å². The topological polar surface area (TPSA) is 93.2 Å². The summed E-state index contributed by atoms with van der Waals surface area (Å²) < 4.78 is 7.51. The fourth-order valence-corrected chi connectivity index (χ4v) is 3.02. The summed E-state index contributed by atoms with van der Waals surface area (Å²) in [7, 11) is 1.76. The van der Waals surface area contributed by atoms with E-state index >= 15 is 0 Å². The number of oxazole rings is 1. The highest BCUT2D eigenvalue weighted by Crippen LogP contribution is 2.17. The third-order valence-electron chi connectivity index (χ3n) is 4.38. The van der Waals surface area contributed by atoms with Gasteiger partial charge in [-0.05, 0) is 18.6 Å². The third kappa shape index (κ3) is 4.65. The lowest BCUT2D eigenvalue weighted by Gasteiger charge is -2.25. The summed E-state index contributed by atoms with van der Waals surface area (Å²) >= 11 is 0. The predicted molar refractivity (Wildman–Crippen MR) is 113 cm³/mol. The van der Waals surface area contributed by atoms with Gasteiger partial charge in [0.15, 0.2) is 5.96 Å². The monoisotopic (exact) mass is 479 g/mol. The summed E-state index contributed by atoms with van der Waals surface area (Å²) in [5.41, 5.74) is 1.79. The molecule has 3 heterocycles. The van der Waals surface area contributed by atoms with Crippen molar-refractivity contribution in [3.05, 3.63) is 54.4 Å². The fourth-order valence-electron chi connectivity index (χ4n) is 3.02. The van der Waals surface area contributed by atoms with E-state index in [9.17, 15) is 0 Å². The molecule has 27 heavy (non-hydrogen) atoms. The summed E-state index contributed by atoms with van der Waals surface area (Å²) in [4.78, 5) is 13.1. The van der Waals surface area contributed by atoms with Crippen LogP contribution in [-0.4, -0.2) is 38.8 Å². The zero-order valence-corrected chi connectivity index (χ0v) is 17.3. The highest BCUT2D eigenvalue weighted by molar-refractivity contribution is 14.0. The maximum atomic E-state index is 5.57. The molecule has 0 aliphatic carbocycles. The van der Waals surface area contributed by atoms with Crippen LogP contribution < -0.4 is 10.6 Å². The van der Waals surface area contributed by atoms with Crippen LogP contribution in [0.1, 0.15) is 17.9 Å². The maximum Gasteiger partial charge on any atom is 0.226 e. The van der Waals surface area contributed by atoms with Gasteiger partial charge in [0.25, 0.3) is 0 Å². The first-order valence-corrected chi connectivity index (χ1v) is 8.65. The van der Waals surface area contributed by atoms with Gasteiger partial charge in [-0.25, -0.2) is 14.6 Å². The molecule has 8 nitrogen and oxygen atoms in total. The molecule has 2 N–H and O–H groups in total. The van der Waals surface area contributed by atoms with Gasteiger partial charge in [0.05, 0.1) is 18.8 Å². The lowest BCUT2D eigenvalue weighted by Crippen LogP contribution is -2.46. The molecule has 1 atom stereocenters. The van der Waals surface area contributed by atoms with Crippen LogP contribution in [0, 0.1) is 0 Å². The molecular weight excluding hydrogens is 457 g/mol. The largest absolute Gasteiger partial charge is 0.444 e. The second-order valence-corrected chi connectivity index (χ2v) is 6.17. The van der Waals surface area contributed by atoms with Crippen molar-refractivity contribution in [2.45, 2.75) is 32.0 Å². The van der Waals surface area contributed by atoms with E-state index in [4.69, 9.17) is 4.42 Å². The fraction of sp³-hybridized carbons (Fsp3) is 0.333. The number of halogens is 1. The molecule has 0 saturated heterocycles. The van der Waals surface area contributed by atoms with Crippen LogP contribution in [0.25, 0.3) is 11.5 Å². The molecule has 0 radical (unpaired) electrons. The summed E-state index contributed by atoms with van der Waals surface area (Å²) in [6.45, 7) is 1.33. The minimum absolute atomic E-state index is 0. The molecule has 1 aliphatic heterocycles. The van der Waals surface area contributed by atoms with Crippen LogP contribution in [0.2, 0.25) is 0 Å². The number of hydrogen-bond acceptors (Lipinski definition) is 5. The summed E-state index contributed by atoms with van der Waals surface area (Å²) in [5.74, 6) is 2.40. The minimum atomic E-state index is 0. The van der Waals surface area contributed by atoms with Gasteiger partial charge >= 0.3 is 0 Å². The Kier molecular flexibility index (Phi) is 6.43. The molecule has 2 aromatic heterocycles. The van der Waals surface area contributed by atoms with Crippen molar-refractivity contribution in [2.24, 2.45) is 4.99 Å². The van der Waals surface area contributed by atoms with E-state index in [1.807, 2.05) is 35.0 Å². The average Bonchev–Trinajstić information content (AvgIpc) is 3.34. The number of aliphatic imine (C=N–C) groups is 1. The Morgan fingerprint density at radius 1 is 1.33 bits per heavy atom. The summed E-state index contributed by atoms with van der Waals surface area (Å²) in [6, 6.07) is 10.1. The number of benzene rings is 1. The molecule has 4 rings (SSSR count). The van der Waals surface area contributed by atoms with Crippen molar-refractivity contribution in [2.75, 3.05) is 7.05 Å². The number of rotatable bonds is 4. The maximum absolute atomic E-state index is 5.57. The molecule has 9 heteroatoms. The highest BCUT2D eigenvalue weighted by Gasteiger charge is 2.20. The molecule has 0 saturated carbocycles. The van der Waals surface area contributed by atoms with E-state index in [2.05, 4.69) is 30.7 Å². The van der Waals surface area contributed by atoms with Crippen molar-refractivity contribution in [3.8, 4) is 11.5 Å². The van der Waals surface area contributed by atoms with Crippen LogP contribution in [0.3, 0.4) is 0 Å². The van der Waals surface area contributed by atoms with Crippen molar-refractivity contribution < 1.29 is 4.42 Å². The number of hydrogen-bond donors (Lipinski definition) is 2. The normalized spacial score (nSPS) is 16.3. The van der Waals surface area contributed by atoms with E-state index in [1.165, 1.54) is 0 Å². The molecule has 1 unspecified atom stereocenters. The summed E-state index contributed by atoms with van der Waals surface area (Å²) in [6.07, 6.45) is 5.20. The number of guanidine groups is 1. The lowest BCUT2D eigenvalue weighted by atomic mass is 10.1. The molecule has 1 aliphatic rings. The van der Waals surface area contributed by atoms with Gasteiger partial charge in [-0.3, -0.25) is 4.99 Å². The smallest absolute Gasteiger partial charge is 0.226 e. The van der Waals surface area contributed by atoms with Crippen LogP contribution in [0.4, 0.5) is 0 Å². The van der Waals surface area contributed by atoms with Gasteiger partial charge in [-0.2, -0.15) is 5.10 Å². The number of aryl methyl sites for hydroxylation is 1. The number of fused-ring (bicyclic) bond motifs is 1. The van der Waals surface area contributed by atoms with Crippen molar-refractivity contribution in [3.63, 3.8) is 0 Å². The van der Waals surface area contributed by atoms with Crippen LogP contribution in [0.5, 0.6) is 0 Å². The average molecular weight is 479 g/mol. The van der Waals surface area contributed by atoms with Crippen molar-refractivity contribution in [1.82, 2.24) is 30.4 Å². The van der Waals surface area contributed by atoms with E-state index in [0.29, 0.717) is 12.4 Å². The first kappa shape index (κ1) is 19.3. The Hall–Kier alpha value is -2.43. The van der Waals surface area contributed by atoms with Gasteiger partial charge in [-0.1, -0.05) is 18.2 Å². The van der Waals surface area contributed by atoms with Gasteiger partial charge < -0.3 is 15.1 Å². The quantitative estimate of drug-likeness (QED) is 0.339. The highest BCUT2D eigenvalue weighted by atomic mass is 127. The second kappa shape index (κ2) is 8.98. The molecular formula is C18H22IN7O. The number of nitrogens with zero attached hydrogens (tertiary/aromatic N) is 5. The van der Waals surface area contributed by atoms with E-state index in [1.54, 1.807) is 19.6 Å². The van der Waals surface area contributed by atoms with E-state index in [-0.39, 0.29) is 30.0 Å². The molecule has 1 aromatic carbocycles. The van der Waals surface area contributed by atoms with Gasteiger partial charge in [-0.15, -0.1) is 24.0 Å². The molecule has 3 aromatic rings. The molecule has 142 valence electrons. The number of nitrogens with one attached hydrogen (secondary N) is 2. The van der Waals surface area contributed by atoms with E-state index < -0.39 is 0 Å². The van der Waals surface area contributed by atoms with Crippen LogP contribution >= 0.6 is 24.0 Å². The second-order valence-electron chi connectivity index (χ2n) is 6.17. The third-order valence-corrected chi connectivity index (χ3v) is 4.38. The van der Waals surface area contributed by atoms with E-state index in [0.717, 1.165) is 42.4 Å². The number of aromatic nitrogens is 4. The molecule has 0 bridgehead atoms. The van der Waals surface area contributed by atoms with Crippen molar-refractivity contribution in [1.29, 1.82) is 0 Å². The molecule has 0 amide bonds. The molecule has 0 spiro atoms. The SMILES string of the molecule is CN=C(NCc1coc(-c2ccccc2)n1)NC1CCc2ncnn2C1.I. The Morgan fingerprint density at radius 3 is 3.00 bits per heavy atom. The standard InChI is InChI=1S/C18H21N7O.HI/c1-19-18(24-14-7-8-16-21-12-22-25(16)10-14)20-9-15-11-26-17(23-15)13-5-3-2-4-6-13;/h2-6,11-12,14H,7-10H2,1H3,(H2,19,20,24);1H. The van der Waals surface area contributed by atoms with Gasteiger partial charge in [0.1, 0.15) is 18.4 Å². The minimum Gasteiger partial charge on any atom is -0.444 e. The van der Waals surface area contributed by atoms with Crippen LogP contribution in [-0.2, 0) is 19.5 Å². The summed E-state index contributed by atoms with van der Waals surface area (Å²) in [5, 5.41) is 11.0. The Bertz CT molecular complexity index is 890. The zero-order valence-electron chi connectivity index (χ0n) is 15.0.